The maximum absolute atomic E-state index is 14.1. The normalized spacial score (nSPS) is 16.7. The monoisotopic (exact) mass is 1360 g/mol. The molecule has 4 aromatic heterocycles. The van der Waals surface area contributed by atoms with Gasteiger partial charge >= 0.3 is 12.1 Å². The first-order valence-corrected chi connectivity index (χ1v) is 30.7. The molecule has 9 amide bonds. The van der Waals surface area contributed by atoms with Gasteiger partial charge in [0.1, 0.15) is 64.6 Å². The van der Waals surface area contributed by atoms with Crippen molar-refractivity contribution in [2.45, 2.75) is 110 Å². The van der Waals surface area contributed by atoms with Gasteiger partial charge in [-0.25, -0.2) is 19.6 Å². The quantitative estimate of drug-likeness (QED) is 0.0173. The number of carbonyl (C=O) groups excluding carboxylic acids is 9. The summed E-state index contributed by atoms with van der Waals surface area (Å²) in [4.78, 5) is 140. The van der Waals surface area contributed by atoms with Crippen LogP contribution in [0.5, 0.6) is 17.2 Å². The van der Waals surface area contributed by atoms with E-state index in [9.17, 15) is 68.4 Å². The summed E-state index contributed by atoms with van der Waals surface area (Å²) in [7, 11) is 2.85. The maximum Gasteiger partial charge on any atom is 0.409 e. The molecule has 1 saturated heterocycles. The summed E-state index contributed by atoms with van der Waals surface area (Å²) in [5.74, 6) is -6.38. The minimum atomic E-state index is -2.01. The molecule has 0 aliphatic carbocycles. The Hall–Kier alpha value is -11.6. The Kier molecular flexibility index (Phi) is 22.3. The lowest BCUT2D eigenvalue weighted by atomic mass is 9.99. The number of aryl methyl sites for hydroxylation is 4. The molecule has 0 bridgehead atoms. The summed E-state index contributed by atoms with van der Waals surface area (Å²) in [6, 6.07) is 12.9. The van der Waals surface area contributed by atoms with E-state index in [1.165, 1.54) is 66.2 Å². The fourth-order valence-corrected chi connectivity index (χ4v) is 10.6. The van der Waals surface area contributed by atoms with Gasteiger partial charge in [0.15, 0.2) is 6.10 Å². The second kappa shape index (κ2) is 30.9. The third kappa shape index (κ3) is 16.2. The number of carboxylic acids is 1. The number of allylic oxidation sites excluding steroid dienone is 2. The van der Waals surface area contributed by atoms with Gasteiger partial charge in [-0.05, 0) is 82.6 Å². The Morgan fingerprint density at radius 1 is 0.714 bits per heavy atom. The molecule has 35 heteroatoms. The SMILES string of the molecule is CCn1nc(C)cc1C(=O)Nc1nc2cc(C(N)=O)cc(OC)c2n1C/C=C/Cn1c(NC(=O)c2cc(C)nn2CC)nc2cc(C(N)=O)cc(OCCCN(C)C(=O)OCc3ccc(O[C@@H]4O[C@H](C(=O)O)[C@@H](O)[C@H](O)[C@H]4O)cc3NC(=O)CCNC(=O)CCN3C(=O)C=CC3=O)c21. The smallest absolute Gasteiger partial charge is 0.409 e. The number of hydrogen-bond acceptors (Lipinski definition) is 22. The topological polar surface area (TPSA) is 476 Å². The Morgan fingerprint density at radius 2 is 1.28 bits per heavy atom. The Labute approximate surface area is 556 Å². The van der Waals surface area contributed by atoms with Crippen molar-refractivity contribution in [3.8, 4) is 17.2 Å². The van der Waals surface area contributed by atoms with Crippen molar-refractivity contribution in [2.24, 2.45) is 11.5 Å². The number of amides is 9. The molecule has 1 fully saturated rings. The number of nitrogens with two attached hydrogens (primary N) is 2. The average molecular weight is 1360 g/mol. The van der Waals surface area contributed by atoms with Gasteiger partial charge in [0, 0.05) is 101 Å². The summed E-state index contributed by atoms with van der Waals surface area (Å²) < 4.78 is 35.0. The van der Waals surface area contributed by atoms with Gasteiger partial charge < -0.3 is 80.2 Å². The van der Waals surface area contributed by atoms with Crippen LogP contribution in [0.1, 0.15) is 91.8 Å². The maximum atomic E-state index is 14.1. The van der Waals surface area contributed by atoms with Gasteiger partial charge in [-0.3, -0.25) is 63.3 Å². The van der Waals surface area contributed by atoms with Gasteiger partial charge in [0.2, 0.25) is 41.8 Å². The summed E-state index contributed by atoms with van der Waals surface area (Å²) in [6.07, 6.45) is -5.40. The average Bonchev–Trinajstić information content (AvgIpc) is 1.60. The van der Waals surface area contributed by atoms with E-state index >= 15 is 0 Å². The van der Waals surface area contributed by atoms with E-state index in [4.69, 9.17) is 40.1 Å². The van der Waals surface area contributed by atoms with Gasteiger partial charge in [-0.15, -0.1) is 0 Å². The number of aliphatic hydroxyl groups excluding tert-OH is 3. The van der Waals surface area contributed by atoms with Crippen LogP contribution < -0.4 is 46.9 Å². The van der Waals surface area contributed by atoms with E-state index in [2.05, 4.69) is 36.4 Å². The number of primary amides is 2. The number of hydrogen-bond donors (Lipinski definition) is 10. The van der Waals surface area contributed by atoms with Crippen molar-refractivity contribution >= 4 is 99.0 Å². The summed E-state index contributed by atoms with van der Waals surface area (Å²) >= 11 is 0. The lowest BCUT2D eigenvalue weighted by Gasteiger charge is -2.38. The first kappa shape index (κ1) is 70.7. The van der Waals surface area contributed by atoms with Crippen LogP contribution >= 0.6 is 0 Å². The molecule has 98 heavy (non-hydrogen) atoms. The molecular formula is C63H72N16O19. The van der Waals surface area contributed by atoms with E-state index in [0.29, 0.717) is 35.5 Å². The van der Waals surface area contributed by atoms with Crippen LogP contribution in [-0.4, -0.2) is 199 Å². The van der Waals surface area contributed by atoms with Crippen molar-refractivity contribution in [3.05, 3.63) is 118 Å². The van der Waals surface area contributed by atoms with E-state index in [1.54, 1.807) is 51.9 Å². The van der Waals surface area contributed by atoms with Crippen molar-refractivity contribution < 1.29 is 92.1 Å². The highest BCUT2D eigenvalue weighted by atomic mass is 16.7. The zero-order valence-corrected chi connectivity index (χ0v) is 53.9. The molecule has 0 saturated carbocycles. The van der Waals surface area contributed by atoms with Gasteiger partial charge in [0.05, 0.1) is 41.8 Å². The second-order valence-corrected chi connectivity index (χ2v) is 22.5. The molecule has 5 atom stereocenters. The van der Waals surface area contributed by atoms with Crippen molar-refractivity contribution in [2.75, 3.05) is 56.3 Å². The number of anilines is 3. The van der Waals surface area contributed by atoms with Gasteiger partial charge in [0.25, 0.3) is 23.6 Å². The largest absolute Gasteiger partial charge is 0.494 e. The third-order valence-electron chi connectivity index (χ3n) is 15.6. The molecule has 518 valence electrons. The predicted molar refractivity (Wildman–Crippen MR) is 344 cm³/mol. The Morgan fingerprint density at radius 3 is 1.82 bits per heavy atom. The molecular weight excluding hydrogens is 1280 g/mol. The van der Waals surface area contributed by atoms with E-state index in [1.807, 2.05) is 13.8 Å². The lowest BCUT2D eigenvalue weighted by molar-refractivity contribution is -0.271. The molecule has 0 spiro atoms. The second-order valence-electron chi connectivity index (χ2n) is 22.5. The van der Waals surface area contributed by atoms with Crippen LogP contribution in [0.25, 0.3) is 22.1 Å². The van der Waals surface area contributed by atoms with Crippen LogP contribution in [0, 0.1) is 13.8 Å². The number of aliphatic carboxylic acids is 1. The molecule has 3 aromatic carbocycles. The molecule has 0 unspecified atom stereocenters. The fourth-order valence-electron chi connectivity index (χ4n) is 10.6. The standard InChI is InChI=1S/C63H72N16O19/c1-7-78-41(24-32(3)72-78)57(89)70-61-68-39-26-35(55(64)87)28-43(94-6)49(39)76(61)20-9-10-21-77-50-40(69-62(77)71-58(90)42-25-33(4)73-79(42)8-2)27-36(56(65)88)29-44(50)95-23-11-19-74(5)63(93)96-31-34-12-13-37(97-60-53(86)51(84)52(85)54(98-60)59(91)92)30-38(34)67-46(81)16-18-66-45(80)17-22-75-47(82)14-15-48(75)83/h9-10,12-15,24-30,51-54,60,84-86H,7-8,11,16-23,31H2,1-6H3,(H2,64,87)(H2,65,88)(H,66,80)(H,67,81)(H,91,92)(H,68,70,89)(H,69,71,90)/b10-9+/t51-,52-,53+,54-,60+/m0/s1. The number of nitrogens with zero attached hydrogens (tertiary/aromatic N) is 10. The number of carboxylic acid groups (broad SMARTS) is 1. The molecule has 12 N–H and O–H groups in total. The summed E-state index contributed by atoms with van der Waals surface area (Å²) in [6.45, 7) is 7.00. The summed E-state index contributed by atoms with van der Waals surface area (Å²) in [5, 5.41) is 60.5. The molecule has 0 radical (unpaired) electrons. The van der Waals surface area contributed by atoms with Crippen LogP contribution in [0.15, 0.2) is 78.9 Å². The molecule has 9 rings (SSSR count). The first-order chi connectivity index (χ1) is 46.8. The summed E-state index contributed by atoms with van der Waals surface area (Å²) in [5.41, 5.74) is 14.7. The number of benzene rings is 3. The molecule has 35 nitrogen and oxygen atoms in total. The number of fused-ring (bicyclic) bond motifs is 2. The zero-order chi connectivity index (χ0) is 70.8. The van der Waals surface area contributed by atoms with Crippen LogP contribution in [0.4, 0.5) is 22.4 Å². The molecule has 6 heterocycles. The highest BCUT2D eigenvalue weighted by Gasteiger charge is 2.48. The number of rotatable bonds is 30. The van der Waals surface area contributed by atoms with E-state index in [-0.39, 0.29) is 133 Å². The van der Waals surface area contributed by atoms with Crippen LogP contribution in [0.2, 0.25) is 0 Å². The molecule has 2 aliphatic heterocycles. The molecule has 2 aliphatic rings. The number of nitrogens with one attached hydrogen (secondary N) is 4. The number of imide groups is 1. The zero-order valence-electron chi connectivity index (χ0n) is 53.9. The predicted octanol–water partition coefficient (Wildman–Crippen LogP) is 1.47. The lowest BCUT2D eigenvalue weighted by Crippen LogP contribution is -2.61. The van der Waals surface area contributed by atoms with E-state index in [0.717, 1.165) is 17.1 Å². The van der Waals surface area contributed by atoms with Gasteiger partial charge in [-0.2, -0.15) is 10.2 Å². The number of imidazole rings is 2. The van der Waals surface area contributed by atoms with E-state index < -0.39 is 96.6 Å². The number of aliphatic hydroxyl groups is 3. The third-order valence-corrected chi connectivity index (χ3v) is 15.6. The van der Waals surface area contributed by atoms with Crippen molar-refractivity contribution in [1.82, 2.24) is 53.8 Å². The Balaban J connectivity index is 0.920. The van der Waals surface area contributed by atoms with Crippen LogP contribution in [-0.2, 0) is 66.2 Å². The van der Waals surface area contributed by atoms with Gasteiger partial charge in [-0.1, -0.05) is 12.2 Å². The fraction of sp³-hybridized carbons (Fsp3) is 0.365. The highest BCUT2D eigenvalue weighted by Crippen LogP contribution is 2.34. The van der Waals surface area contributed by atoms with Crippen molar-refractivity contribution in [1.29, 1.82) is 0 Å². The number of ether oxygens (including phenoxy) is 5. The minimum Gasteiger partial charge on any atom is -0.494 e. The minimum absolute atomic E-state index is 0.00566. The van der Waals surface area contributed by atoms with Crippen LogP contribution in [0.3, 0.4) is 0 Å². The highest BCUT2D eigenvalue weighted by molar-refractivity contribution is 6.13. The van der Waals surface area contributed by atoms with Crippen molar-refractivity contribution in [3.63, 3.8) is 0 Å². The number of methoxy groups -OCH3 is 1. The number of carbonyl (C=O) groups is 10. The molecule has 7 aromatic rings. The number of aromatic nitrogens is 8. The Bertz CT molecular complexity index is 4320. The first-order valence-electron chi connectivity index (χ1n) is 30.7.